The highest BCUT2D eigenvalue weighted by atomic mass is 32.2. The minimum Gasteiger partial charge on any atom is -0.480 e. The number of sulfone groups is 1. The summed E-state index contributed by atoms with van der Waals surface area (Å²) in [6.45, 7) is 1.55. The third-order valence-electron chi connectivity index (χ3n) is 3.70. The highest BCUT2D eigenvalue weighted by Crippen LogP contribution is 2.29. The molecule has 20 heavy (non-hydrogen) atoms. The molecule has 0 amide bonds. The van der Waals surface area contributed by atoms with E-state index in [1.807, 2.05) is 11.0 Å². The van der Waals surface area contributed by atoms with E-state index < -0.39 is 15.8 Å². The van der Waals surface area contributed by atoms with Gasteiger partial charge in [0.15, 0.2) is 9.84 Å². The molecule has 1 N–H and O–H groups in total. The molecule has 2 rings (SSSR count). The van der Waals surface area contributed by atoms with Crippen molar-refractivity contribution in [1.29, 1.82) is 0 Å². The monoisotopic (exact) mass is 297 g/mol. The Kier molecular flexibility index (Phi) is 4.45. The van der Waals surface area contributed by atoms with Gasteiger partial charge >= 0.3 is 5.97 Å². The molecule has 0 spiro atoms. The van der Waals surface area contributed by atoms with Crippen LogP contribution in [0.4, 0.5) is 0 Å². The molecule has 1 aromatic carbocycles. The van der Waals surface area contributed by atoms with Crippen molar-refractivity contribution in [3.8, 4) is 0 Å². The predicted molar refractivity (Wildman–Crippen MR) is 75.6 cm³/mol. The molecule has 0 radical (unpaired) electrons. The summed E-state index contributed by atoms with van der Waals surface area (Å²) in [6.07, 6.45) is 2.93. The number of nitrogens with zero attached hydrogens (tertiary/aromatic N) is 1. The van der Waals surface area contributed by atoms with Gasteiger partial charge in [-0.05, 0) is 49.5 Å². The van der Waals surface area contributed by atoms with Crippen molar-refractivity contribution in [2.24, 2.45) is 0 Å². The standard InChI is InChI=1S/C14H19NO4S/c1-20(18,19)13-4-2-3-12(9-13)11-5-7-15(8-6-11)10-14(16)17/h2-4,9,11H,5-8,10H2,1H3,(H,16,17). The zero-order chi connectivity index (χ0) is 14.8. The van der Waals surface area contributed by atoms with Gasteiger partial charge in [-0.3, -0.25) is 9.69 Å². The maximum atomic E-state index is 11.6. The lowest BCUT2D eigenvalue weighted by atomic mass is 9.89. The molecule has 6 heteroatoms. The number of hydrogen-bond donors (Lipinski definition) is 1. The fraction of sp³-hybridized carbons (Fsp3) is 0.500. The Hall–Kier alpha value is -1.40. The van der Waals surface area contributed by atoms with Crippen LogP contribution < -0.4 is 0 Å². The third-order valence-corrected chi connectivity index (χ3v) is 4.81. The van der Waals surface area contributed by atoms with Gasteiger partial charge in [-0.15, -0.1) is 0 Å². The van der Waals surface area contributed by atoms with Gasteiger partial charge in [0.1, 0.15) is 0 Å². The topological polar surface area (TPSA) is 74.7 Å². The quantitative estimate of drug-likeness (QED) is 0.908. The first-order valence-electron chi connectivity index (χ1n) is 6.60. The Balaban J connectivity index is 2.06. The number of aliphatic carboxylic acids is 1. The van der Waals surface area contributed by atoms with Crippen LogP contribution in [-0.4, -0.2) is 50.3 Å². The maximum absolute atomic E-state index is 11.6. The second-order valence-electron chi connectivity index (χ2n) is 5.29. The van der Waals surface area contributed by atoms with Crippen molar-refractivity contribution >= 4 is 15.8 Å². The van der Waals surface area contributed by atoms with E-state index in [1.165, 1.54) is 6.26 Å². The molecule has 0 unspecified atom stereocenters. The number of carboxylic acids is 1. The largest absolute Gasteiger partial charge is 0.480 e. The number of hydrogen-bond acceptors (Lipinski definition) is 4. The maximum Gasteiger partial charge on any atom is 0.317 e. The van der Waals surface area contributed by atoms with E-state index in [2.05, 4.69) is 0 Å². The van der Waals surface area contributed by atoms with Crippen molar-refractivity contribution in [1.82, 2.24) is 4.90 Å². The van der Waals surface area contributed by atoms with Gasteiger partial charge in [-0.25, -0.2) is 8.42 Å². The lowest BCUT2D eigenvalue weighted by Gasteiger charge is -2.31. The lowest BCUT2D eigenvalue weighted by Crippen LogP contribution is -2.36. The zero-order valence-electron chi connectivity index (χ0n) is 11.4. The molecule has 1 heterocycles. The first-order chi connectivity index (χ1) is 9.36. The molecule has 0 bridgehead atoms. The van der Waals surface area contributed by atoms with Crippen molar-refractivity contribution < 1.29 is 18.3 Å². The number of carbonyl (C=O) groups is 1. The summed E-state index contributed by atoms with van der Waals surface area (Å²) in [6, 6.07) is 7.08. The van der Waals surface area contributed by atoms with Crippen LogP contribution in [0.1, 0.15) is 24.3 Å². The van der Waals surface area contributed by atoms with Crippen LogP contribution in [0.2, 0.25) is 0 Å². The van der Waals surface area contributed by atoms with Gasteiger partial charge in [0.25, 0.3) is 0 Å². The predicted octanol–water partition coefficient (Wildman–Crippen LogP) is 1.35. The zero-order valence-corrected chi connectivity index (χ0v) is 12.3. The van der Waals surface area contributed by atoms with E-state index >= 15 is 0 Å². The third kappa shape index (κ3) is 3.80. The number of benzene rings is 1. The van der Waals surface area contributed by atoms with Crippen LogP contribution in [0.5, 0.6) is 0 Å². The molecule has 1 saturated heterocycles. The smallest absolute Gasteiger partial charge is 0.317 e. The Morgan fingerprint density at radius 3 is 2.55 bits per heavy atom. The van der Waals surface area contributed by atoms with Crippen LogP contribution in [0.3, 0.4) is 0 Å². The molecule has 110 valence electrons. The van der Waals surface area contributed by atoms with Crippen molar-refractivity contribution in [2.75, 3.05) is 25.9 Å². The summed E-state index contributed by atoms with van der Waals surface area (Å²) in [5.41, 5.74) is 1.03. The molecule has 1 aliphatic rings. The summed E-state index contributed by atoms with van der Waals surface area (Å²) < 4.78 is 23.1. The lowest BCUT2D eigenvalue weighted by molar-refractivity contribution is -0.138. The minimum absolute atomic E-state index is 0.0795. The Labute approximate surface area is 119 Å². The van der Waals surface area contributed by atoms with E-state index in [9.17, 15) is 13.2 Å². The highest BCUT2D eigenvalue weighted by Gasteiger charge is 2.22. The van der Waals surface area contributed by atoms with E-state index in [0.29, 0.717) is 10.8 Å². The van der Waals surface area contributed by atoms with Crippen LogP contribution in [-0.2, 0) is 14.6 Å². The van der Waals surface area contributed by atoms with Crippen LogP contribution in [0.25, 0.3) is 0 Å². The van der Waals surface area contributed by atoms with Crippen molar-refractivity contribution in [3.05, 3.63) is 29.8 Å². The van der Waals surface area contributed by atoms with Gasteiger partial charge in [-0.1, -0.05) is 12.1 Å². The molecule has 0 atom stereocenters. The summed E-state index contributed by atoms with van der Waals surface area (Å²) in [5.74, 6) is -0.496. The summed E-state index contributed by atoms with van der Waals surface area (Å²) in [7, 11) is -3.18. The first-order valence-corrected chi connectivity index (χ1v) is 8.49. The minimum atomic E-state index is -3.18. The van der Waals surface area contributed by atoms with E-state index in [-0.39, 0.29) is 6.54 Å². The Morgan fingerprint density at radius 2 is 2.00 bits per heavy atom. The number of carboxylic acid groups (broad SMARTS) is 1. The molecule has 0 aliphatic carbocycles. The molecule has 1 aromatic rings. The molecular weight excluding hydrogens is 278 g/mol. The first kappa shape index (κ1) is 15.0. The highest BCUT2D eigenvalue weighted by molar-refractivity contribution is 7.90. The average molecular weight is 297 g/mol. The summed E-state index contributed by atoms with van der Waals surface area (Å²) in [5, 5.41) is 8.77. The molecule has 0 saturated carbocycles. The fourth-order valence-electron chi connectivity index (χ4n) is 2.61. The van der Waals surface area contributed by atoms with Crippen molar-refractivity contribution in [3.63, 3.8) is 0 Å². The second-order valence-corrected chi connectivity index (χ2v) is 7.30. The Bertz CT molecular complexity index is 589. The molecule has 5 nitrogen and oxygen atoms in total. The molecule has 0 aromatic heterocycles. The van der Waals surface area contributed by atoms with Crippen LogP contribution in [0, 0.1) is 0 Å². The molecule has 1 aliphatic heterocycles. The summed E-state index contributed by atoms with van der Waals surface area (Å²) >= 11 is 0. The van der Waals surface area contributed by atoms with E-state index in [1.54, 1.807) is 18.2 Å². The van der Waals surface area contributed by atoms with Crippen LogP contribution in [0.15, 0.2) is 29.2 Å². The van der Waals surface area contributed by atoms with Gasteiger partial charge in [0, 0.05) is 6.26 Å². The SMILES string of the molecule is CS(=O)(=O)c1cccc(C2CCN(CC(=O)O)CC2)c1. The van der Waals surface area contributed by atoms with E-state index in [4.69, 9.17) is 5.11 Å². The number of likely N-dealkylation sites (tertiary alicyclic amines) is 1. The van der Waals surface area contributed by atoms with Gasteiger partial charge < -0.3 is 5.11 Å². The normalized spacial score (nSPS) is 18.1. The Morgan fingerprint density at radius 1 is 1.35 bits per heavy atom. The molecular formula is C14H19NO4S. The number of rotatable bonds is 4. The second kappa shape index (κ2) is 5.93. The van der Waals surface area contributed by atoms with Gasteiger partial charge in [0.2, 0.25) is 0 Å². The van der Waals surface area contributed by atoms with E-state index in [0.717, 1.165) is 31.5 Å². The van der Waals surface area contributed by atoms with Crippen LogP contribution >= 0.6 is 0 Å². The van der Waals surface area contributed by atoms with Gasteiger partial charge in [0.05, 0.1) is 11.4 Å². The molecule has 1 fully saturated rings. The number of piperidine rings is 1. The fourth-order valence-corrected chi connectivity index (χ4v) is 3.29. The van der Waals surface area contributed by atoms with Gasteiger partial charge in [-0.2, -0.15) is 0 Å². The summed E-state index contributed by atoms with van der Waals surface area (Å²) in [4.78, 5) is 12.9. The average Bonchev–Trinajstić information content (AvgIpc) is 2.38. The van der Waals surface area contributed by atoms with Crippen molar-refractivity contribution in [2.45, 2.75) is 23.7 Å².